The fraction of sp³-hybridized carbons (Fsp3) is 1.00. The van der Waals surface area contributed by atoms with E-state index in [-0.39, 0.29) is 7.92 Å². The third-order valence-corrected chi connectivity index (χ3v) is 8.49. The summed E-state index contributed by atoms with van der Waals surface area (Å²) in [5.74, 6) is 1.94. The molecule has 0 heterocycles. The van der Waals surface area contributed by atoms with E-state index in [0.29, 0.717) is 10.3 Å². The molecule has 0 aromatic heterocycles. The second-order valence-corrected chi connectivity index (χ2v) is 12.3. The van der Waals surface area contributed by atoms with Crippen molar-refractivity contribution in [1.82, 2.24) is 0 Å². The first-order valence-electron chi connectivity index (χ1n) is 7.34. The van der Waals surface area contributed by atoms with E-state index in [1.165, 1.54) is 19.3 Å². The number of hydrogen-bond acceptors (Lipinski definition) is 0. The Morgan fingerprint density at radius 1 is 0.941 bits per heavy atom. The van der Waals surface area contributed by atoms with Gasteiger partial charge in [-0.2, -0.15) is 0 Å². The Bertz CT molecular complexity index is 229. The smallest absolute Gasteiger partial charge is 0.0172 e. The van der Waals surface area contributed by atoms with E-state index in [0.717, 1.165) is 17.5 Å². The van der Waals surface area contributed by atoms with Crippen LogP contribution in [0.2, 0.25) is 0 Å². The topological polar surface area (TPSA) is 0 Å². The standard InChI is InChI=1S/C16H33P/c1-12-10-9-11-14(12)13(2)17(15(3,4)5)16(6,7)8/h12-14H,9-11H2,1-8H3/t12?,13-,14?/m0/s1. The van der Waals surface area contributed by atoms with Crippen LogP contribution >= 0.6 is 7.92 Å². The van der Waals surface area contributed by atoms with Crippen molar-refractivity contribution in [2.75, 3.05) is 0 Å². The number of hydrogen-bond donors (Lipinski definition) is 0. The molecule has 1 saturated carbocycles. The highest BCUT2D eigenvalue weighted by Gasteiger charge is 2.42. The molecule has 0 nitrogen and oxygen atoms in total. The predicted molar refractivity (Wildman–Crippen MR) is 82.4 cm³/mol. The molecule has 1 rings (SSSR count). The summed E-state index contributed by atoms with van der Waals surface area (Å²) in [5.41, 5.74) is 0.919. The molecule has 17 heavy (non-hydrogen) atoms. The predicted octanol–water partition coefficient (Wildman–Crippen LogP) is 5.89. The SMILES string of the molecule is CC1CCCC1[C@H](C)P(C(C)(C)C)C(C)(C)C. The van der Waals surface area contributed by atoms with Crippen LogP contribution in [0.5, 0.6) is 0 Å². The average Bonchev–Trinajstić information content (AvgIpc) is 2.45. The Balaban J connectivity index is 2.91. The molecule has 0 aromatic rings. The zero-order chi connectivity index (χ0) is 13.4. The largest absolute Gasteiger partial charge is 0.0924 e. The van der Waals surface area contributed by atoms with E-state index in [1.807, 2.05) is 0 Å². The van der Waals surface area contributed by atoms with Crippen LogP contribution in [0.1, 0.15) is 74.7 Å². The van der Waals surface area contributed by atoms with E-state index >= 15 is 0 Å². The first kappa shape index (κ1) is 15.5. The zero-order valence-corrected chi connectivity index (χ0v) is 14.2. The van der Waals surface area contributed by atoms with Gasteiger partial charge in [-0.15, -0.1) is 0 Å². The molecular formula is C16H33P. The van der Waals surface area contributed by atoms with Gasteiger partial charge in [0.2, 0.25) is 0 Å². The minimum absolute atomic E-state index is 0.0584. The molecule has 0 saturated heterocycles. The highest BCUT2D eigenvalue weighted by Crippen LogP contribution is 2.65. The Morgan fingerprint density at radius 3 is 1.71 bits per heavy atom. The minimum Gasteiger partial charge on any atom is -0.0924 e. The van der Waals surface area contributed by atoms with Crippen molar-refractivity contribution in [3.05, 3.63) is 0 Å². The Hall–Kier alpha value is 0.430. The maximum absolute atomic E-state index is 2.55. The van der Waals surface area contributed by atoms with Gasteiger partial charge >= 0.3 is 0 Å². The highest BCUT2D eigenvalue weighted by molar-refractivity contribution is 7.61. The highest BCUT2D eigenvalue weighted by atomic mass is 31.1. The maximum Gasteiger partial charge on any atom is -0.0172 e. The quantitative estimate of drug-likeness (QED) is 0.540. The van der Waals surface area contributed by atoms with Crippen LogP contribution in [0.15, 0.2) is 0 Å². The van der Waals surface area contributed by atoms with Gasteiger partial charge in [-0.1, -0.05) is 76.2 Å². The van der Waals surface area contributed by atoms with E-state index in [9.17, 15) is 0 Å². The van der Waals surface area contributed by atoms with Gasteiger partial charge < -0.3 is 0 Å². The summed E-state index contributed by atoms with van der Waals surface area (Å²) in [6, 6.07) is 0. The normalized spacial score (nSPS) is 28.8. The van der Waals surface area contributed by atoms with Crippen LogP contribution in [0, 0.1) is 11.8 Å². The van der Waals surface area contributed by atoms with E-state index in [4.69, 9.17) is 0 Å². The molecule has 0 amide bonds. The van der Waals surface area contributed by atoms with Crippen molar-refractivity contribution in [2.45, 2.75) is 90.6 Å². The van der Waals surface area contributed by atoms with Gasteiger partial charge in [0.25, 0.3) is 0 Å². The second kappa shape index (κ2) is 5.20. The molecule has 1 heteroatoms. The van der Waals surface area contributed by atoms with Gasteiger partial charge in [0.1, 0.15) is 0 Å². The van der Waals surface area contributed by atoms with Crippen molar-refractivity contribution < 1.29 is 0 Å². The third kappa shape index (κ3) is 3.69. The van der Waals surface area contributed by atoms with Gasteiger partial charge in [0, 0.05) is 0 Å². The fourth-order valence-corrected chi connectivity index (χ4v) is 9.59. The van der Waals surface area contributed by atoms with Crippen molar-refractivity contribution in [1.29, 1.82) is 0 Å². The van der Waals surface area contributed by atoms with Gasteiger partial charge in [-0.3, -0.25) is 0 Å². The minimum atomic E-state index is 0.0584. The van der Waals surface area contributed by atoms with Crippen LogP contribution in [-0.4, -0.2) is 16.0 Å². The lowest BCUT2D eigenvalue weighted by Gasteiger charge is -2.48. The molecule has 0 N–H and O–H groups in total. The van der Waals surface area contributed by atoms with Gasteiger partial charge in [0.15, 0.2) is 0 Å². The molecule has 1 aliphatic carbocycles. The first-order valence-corrected chi connectivity index (χ1v) is 8.75. The lowest BCUT2D eigenvalue weighted by molar-refractivity contribution is 0.406. The molecule has 1 fully saturated rings. The molecule has 2 unspecified atom stereocenters. The lowest BCUT2D eigenvalue weighted by Crippen LogP contribution is -2.34. The molecule has 0 bridgehead atoms. The summed E-state index contributed by atoms with van der Waals surface area (Å²) in [6.45, 7) is 19.8. The van der Waals surface area contributed by atoms with E-state index < -0.39 is 0 Å². The summed E-state index contributed by atoms with van der Waals surface area (Å²) in [5, 5.41) is 0.963. The molecule has 0 aliphatic heterocycles. The summed E-state index contributed by atoms with van der Waals surface area (Å²) >= 11 is 0. The third-order valence-electron chi connectivity index (χ3n) is 4.40. The van der Waals surface area contributed by atoms with Crippen LogP contribution in [0.4, 0.5) is 0 Å². The molecule has 0 radical (unpaired) electrons. The fourth-order valence-electron chi connectivity index (χ4n) is 4.31. The molecule has 3 atom stereocenters. The van der Waals surface area contributed by atoms with Gasteiger partial charge in [-0.05, 0) is 34.2 Å². The first-order chi connectivity index (χ1) is 7.55. The molecular weight excluding hydrogens is 223 g/mol. The summed E-state index contributed by atoms with van der Waals surface area (Å²) in [4.78, 5) is 0. The average molecular weight is 256 g/mol. The van der Waals surface area contributed by atoms with Gasteiger partial charge in [-0.25, -0.2) is 0 Å². The van der Waals surface area contributed by atoms with Crippen LogP contribution in [0.25, 0.3) is 0 Å². The van der Waals surface area contributed by atoms with E-state index in [1.54, 1.807) is 0 Å². The van der Waals surface area contributed by atoms with Crippen LogP contribution < -0.4 is 0 Å². The monoisotopic (exact) mass is 256 g/mol. The molecule has 102 valence electrons. The van der Waals surface area contributed by atoms with Crippen molar-refractivity contribution in [3.8, 4) is 0 Å². The molecule has 0 spiro atoms. The summed E-state index contributed by atoms with van der Waals surface area (Å²) < 4.78 is 0. The summed E-state index contributed by atoms with van der Waals surface area (Å²) in [7, 11) is 0.0584. The summed E-state index contributed by atoms with van der Waals surface area (Å²) in [6.07, 6.45) is 4.41. The molecule has 0 aromatic carbocycles. The number of rotatable bonds is 2. The maximum atomic E-state index is 2.55. The van der Waals surface area contributed by atoms with Crippen LogP contribution in [0.3, 0.4) is 0 Å². The zero-order valence-electron chi connectivity index (χ0n) is 13.3. The van der Waals surface area contributed by atoms with Crippen molar-refractivity contribution >= 4 is 7.92 Å². The molecule has 1 aliphatic rings. The van der Waals surface area contributed by atoms with Crippen molar-refractivity contribution in [3.63, 3.8) is 0 Å². The second-order valence-electron chi connectivity index (χ2n) is 8.02. The van der Waals surface area contributed by atoms with Crippen molar-refractivity contribution in [2.24, 2.45) is 11.8 Å². The Labute approximate surface area is 111 Å². The van der Waals surface area contributed by atoms with Crippen LogP contribution in [-0.2, 0) is 0 Å². The Kier molecular flexibility index (Phi) is 4.74. The lowest BCUT2D eigenvalue weighted by atomic mass is 9.95. The van der Waals surface area contributed by atoms with E-state index in [2.05, 4.69) is 55.4 Å². The van der Waals surface area contributed by atoms with Gasteiger partial charge in [0.05, 0.1) is 0 Å². The Morgan fingerprint density at radius 2 is 1.41 bits per heavy atom.